The molecule has 7 heteroatoms. The Kier molecular flexibility index (Phi) is 5.80. The van der Waals surface area contributed by atoms with Crippen LogP contribution in [0.5, 0.6) is 11.5 Å². The lowest BCUT2D eigenvalue weighted by molar-refractivity contribution is 0.355. The highest BCUT2D eigenvalue weighted by Crippen LogP contribution is 2.29. The molecule has 2 N–H and O–H groups in total. The number of aryl methyl sites for hydroxylation is 1. The van der Waals surface area contributed by atoms with E-state index in [2.05, 4.69) is 31.2 Å². The summed E-state index contributed by atoms with van der Waals surface area (Å²) < 4.78 is 12.7. The molecule has 0 aliphatic rings. The molecule has 2 aromatic carbocycles. The SMILES string of the molecule is CCNC(=NCc1nc2ccccc2n1C)Nc1ccc(OC)c(OC)c1. The lowest BCUT2D eigenvalue weighted by atomic mass is 10.3. The Hall–Kier alpha value is -3.22. The number of para-hydroxylation sites is 2. The number of imidazole rings is 1. The Morgan fingerprint density at radius 1 is 1.11 bits per heavy atom. The summed E-state index contributed by atoms with van der Waals surface area (Å²) in [4.78, 5) is 9.34. The average Bonchev–Trinajstić information content (AvgIpc) is 3.02. The molecule has 0 unspecified atom stereocenters. The molecular weight excluding hydrogens is 342 g/mol. The first-order chi connectivity index (χ1) is 13.2. The zero-order valence-corrected chi connectivity index (χ0v) is 16.1. The molecule has 7 nitrogen and oxygen atoms in total. The lowest BCUT2D eigenvalue weighted by Gasteiger charge is -2.13. The minimum atomic E-state index is 0.466. The Balaban J connectivity index is 1.81. The topological polar surface area (TPSA) is 72.7 Å². The first-order valence-electron chi connectivity index (χ1n) is 8.84. The summed E-state index contributed by atoms with van der Waals surface area (Å²) >= 11 is 0. The van der Waals surface area contributed by atoms with Gasteiger partial charge in [-0.3, -0.25) is 0 Å². The van der Waals surface area contributed by atoms with E-state index in [0.29, 0.717) is 24.0 Å². The van der Waals surface area contributed by atoms with Gasteiger partial charge < -0.3 is 24.7 Å². The van der Waals surface area contributed by atoms with E-state index >= 15 is 0 Å². The monoisotopic (exact) mass is 367 g/mol. The second-order valence-corrected chi connectivity index (χ2v) is 5.97. The lowest BCUT2D eigenvalue weighted by Crippen LogP contribution is -2.30. The van der Waals surface area contributed by atoms with Gasteiger partial charge in [-0.1, -0.05) is 12.1 Å². The summed E-state index contributed by atoms with van der Waals surface area (Å²) in [5.74, 6) is 2.93. The van der Waals surface area contributed by atoms with E-state index in [4.69, 9.17) is 9.47 Å². The molecule has 0 radical (unpaired) electrons. The van der Waals surface area contributed by atoms with Crippen molar-refractivity contribution in [3.8, 4) is 11.5 Å². The number of fused-ring (bicyclic) bond motifs is 1. The third-order valence-electron chi connectivity index (χ3n) is 4.25. The van der Waals surface area contributed by atoms with E-state index in [0.717, 1.165) is 29.1 Å². The predicted octanol–water partition coefficient (Wildman–Crippen LogP) is 3.17. The van der Waals surface area contributed by atoms with Crippen molar-refractivity contribution in [2.45, 2.75) is 13.5 Å². The molecule has 0 saturated heterocycles. The number of nitrogens with one attached hydrogen (secondary N) is 2. The molecule has 0 amide bonds. The number of benzene rings is 2. The Bertz CT molecular complexity index is 949. The van der Waals surface area contributed by atoms with Crippen molar-refractivity contribution >= 4 is 22.7 Å². The number of methoxy groups -OCH3 is 2. The molecule has 0 aliphatic heterocycles. The molecule has 142 valence electrons. The van der Waals surface area contributed by atoms with Gasteiger partial charge in [-0.25, -0.2) is 9.98 Å². The minimum Gasteiger partial charge on any atom is -0.493 e. The van der Waals surface area contributed by atoms with Crippen LogP contribution in [0, 0.1) is 0 Å². The van der Waals surface area contributed by atoms with E-state index in [1.165, 1.54) is 0 Å². The van der Waals surface area contributed by atoms with Crippen molar-refractivity contribution in [3.05, 3.63) is 48.3 Å². The van der Waals surface area contributed by atoms with E-state index in [9.17, 15) is 0 Å². The largest absolute Gasteiger partial charge is 0.493 e. The highest BCUT2D eigenvalue weighted by molar-refractivity contribution is 5.94. The van der Waals surface area contributed by atoms with E-state index in [-0.39, 0.29) is 0 Å². The molecule has 0 bridgehead atoms. The molecule has 0 fully saturated rings. The number of nitrogens with zero attached hydrogens (tertiary/aromatic N) is 3. The second kappa shape index (κ2) is 8.44. The summed E-state index contributed by atoms with van der Waals surface area (Å²) in [6.07, 6.45) is 0. The van der Waals surface area contributed by atoms with E-state index in [1.54, 1.807) is 14.2 Å². The van der Waals surface area contributed by atoms with Crippen LogP contribution in [0.25, 0.3) is 11.0 Å². The number of anilines is 1. The summed E-state index contributed by atoms with van der Waals surface area (Å²) in [6, 6.07) is 13.7. The molecule has 27 heavy (non-hydrogen) atoms. The van der Waals surface area contributed by atoms with Gasteiger partial charge in [-0.05, 0) is 31.2 Å². The molecule has 1 aromatic heterocycles. The fraction of sp³-hybridized carbons (Fsp3) is 0.300. The molecule has 0 saturated carbocycles. The van der Waals surface area contributed by atoms with Crippen LogP contribution in [0.1, 0.15) is 12.7 Å². The summed E-state index contributed by atoms with van der Waals surface area (Å²) in [5, 5.41) is 6.55. The summed E-state index contributed by atoms with van der Waals surface area (Å²) in [7, 11) is 5.24. The van der Waals surface area contributed by atoms with Crippen molar-refractivity contribution in [3.63, 3.8) is 0 Å². The molecular formula is C20H25N5O2. The van der Waals surface area contributed by atoms with Gasteiger partial charge >= 0.3 is 0 Å². The second-order valence-electron chi connectivity index (χ2n) is 5.97. The van der Waals surface area contributed by atoms with Gasteiger partial charge in [0.1, 0.15) is 12.4 Å². The number of aliphatic imine (C=N–C) groups is 1. The van der Waals surface area contributed by atoms with Gasteiger partial charge in [0.05, 0.1) is 25.3 Å². The van der Waals surface area contributed by atoms with Crippen LogP contribution in [-0.2, 0) is 13.6 Å². The van der Waals surface area contributed by atoms with Crippen LogP contribution < -0.4 is 20.1 Å². The number of aromatic nitrogens is 2. The molecule has 0 spiro atoms. The standard InChI is InChI=1S/C20H25N5O2/c1-5-21-20(23-14-10-11-17(26-3)18(12-14)27-4)22-13-19-24-15-8-6-7-9-16(15)25(19)2/h6-12H,5,13H2,1-4H3,(H2,21,22,23). The minimum absolute atomic E-state index is 0.466. The molecule has 3 aromatic rings. The van der Waals surface area contributed by atoms with Crippen LogP contribution in [-0.4, -0.2) is 36.3 Å². The van der Waals surface area contributed by atoms with Gasteiger partial charge in [0, 0.05) is 25.3 Å². The van der Waals surface area contributed by atoms with Crippen molar-refractivity contribution in [1.82, 2.24) is 14.9 Å². The number of guanidine groups is 1. The normalized spacial score (nSPS) is 11.5. The fourth-order valence-corrected chi connectivity index (χ4v) is 2.84. The van der Waals surface area contributed by atoms with E-state index in [1.807, 2.05) is 50.4 Å². The highest BCUT2D eigenvalue weighted by Gasteiger charge is 2.09. The van der Waals surface area contributed by atoms with Gasteiger partial charge in [0.25, 0.3) is 0 Å². The number of rotatable bonds is 6. The zero-order valence-electron chi connectivity index (χ0n) is 16.1. The van der Waals surface area contributed by atoms with Gasteiger partial charge in [0.15, 0.2) is 17.5 Å². The Labute approximate surface area is 159 Å². The average molecular weight is 367 g/mol. The maximum Gasteiger partial charge on any atom is 0.196 e. The predicted molar refractivity (Wildman–Crippen MR) is 109 cm³/mol. The molecule has 0 atom stereocenters. The molecule has 0 aliphatic carbocycles. The Morgan fingerprint density at radius 3 is 2.59 bits per heavy atom. The zero-order chi connectivity index (χ0) is 19.2. The van der Waals surface area contributed by atoms with Crippen LogP contribution in [0.3, 0.4) is 0 Å². The van der Waals surface area contributed by atoms with Crippen LogP contribution in [0.2, 0.25) is 0 Å². The Morgan fingerprint density at radius 2 is 1.89 bits per heavy atom. The summed E-state index contributed by atoms with van der Waals surface area (Å²) in [6.45, 7) is 3.25. The van der Waals surface area contributed by atoms with Gasteiger partial charge in [-0.15, -0.1) is 0 Å². The third kappa shape index (κ3) is 4.13. The van der Waals surface area contributed by atoms with E-state index < -0.39 is 0 Å². The first-order valence-corrected chi connectivity index (χ1v) is 8.84. The van der Waals surface area contributed by atoms with Crippen molar-refractivity contribution in [2.75, 3.05) is 26.1 Å². The van der Waals surface area contributed by atoms with Crippen LogP contribution in [0.4, 0.5) is 5.69 Å². The van der Waals surface area contributed by atoms with Gasteiger partial charge in [-0.2, -0.15) is 0 Å². The van der Waals surface area contributed by atoms with Crippen LogP contribution in [0.15, 0.2) is 47.5 Å². The molecule has 1 heterocycles. The summed E-state index contributed by atoms with van der Waals surface area (Å²) in [5.41, 5.74) is 2.93. The maximum absolute atomic E-state index is 5.36. The first kappa shape index (κ1) is 18.6. The molecule has 3 rings (SSSR count). The smallest absolute Gasteiger partial charge is 0.196 e. The van der Waals surface area contributed by atoms with Gasteiger partial charge in [0.2, 0.25) is 0 Å². The van der Waals surface area contributed by atoms with Crippen LogP contribution >= 0.6 is 0 Å². The van der Waals surface area contributed by atoms with Crippen molar-refractivity contribution in [1.29, 1.82) is 0 Å². The number of hydrogen-bond donors (Lipinski definition) is 2. The maximum atomic E-state index is 5.36. The quantitative estimate of drug-likeness (QED) is 0.517. The highest BCUT2D eigenvalue weighted by atomic mass is 16.5. The number of hydrogen-bond acceptors (Lipinski definition) is 4. The third-order valence-corrected chi connectivity index (χ3v) is 4.25. The fourth-order valence-electron chi connectivity index (χ4n) is 2.84. The van der Waals surface area contributed by atoms with Crippen molar-refractivity contribution < 1.29 is 9.47 Å². The van der Waals surface area contributed by atoms with Crippen molar-refractivity contribution in [2.24, 2.45) is 12.0 Å². The number of ether oxygens (including phenoxy) is 2.